The molecule has 0 aromatic carbocycles. The summed E-state index contributed by atoms with van der Waals surface area (Å²) in [5.41, 5.74) is 1.09. The van der Waals surface area contributed by atoms with Gasteiger partial charge in [0, 0.05) is 6.20 Å². The highest BCUT2D eigenvalue weighted by Gasteiger charge is 2.12. The third-order valence-corrected chi connectivity index (χ3v) is 5.30. The number of aromatic nitrogens is 1. The molecular formula is C13H20NP. The maximum Gasteiger partial charge on any atom is 0.0700 e. The molecule has 1 heterocycles. The first-order valence-electron chi connectivity index (χ1n) is 5.64. The van der Waals surface area contributed by atoms with Crippen molar-refractivity contribution in [2.75, 3.05) is 12.3 Å². The van der Waals surface area contributed by atoms with Gasteiger partial charge in [-0.05, 0) is 29.8 Å². The zero-order valence-corrected chi connectivity index (χ0v) is 10.6. The van der Waals surface area contributed by atoms with E-state index in [0.717, 1.165) is 5.69 Å². The van der Waals surface area contributed by atoms with E-state index in [1.54, 1.807) is 0 Å². The van der Waals surface area contributed by atoms with Crippen LogP contribution in [0.2, 0.25) is 0 Å². The summed E-state index contributed by atoms with van der Waals surface area (Å²) in [6, 6.07) is 6.07. The summed E-state index contributed by atoms with van der Waals surface area (Å²) in [6.07, 6.45) is 6.93. The molecule has 2 heteroatoms. The van der Waals surface area contributed by atoms with Crippen molar-refractivity contribution in [1.29, 1.82) is 0 Å². The molecule has 0 aliphatic heterocycles. The molecule has 1 rings (SSSR count). The Kier molecular flexibility index (Phi) is 5.57. The van der Waals surface area contributed by atoms with Crippen LogP contribution in [0.1, 0.15) is 32.4 Å². The maximum atomic E-state index is 4.38. The highest BCUT2D eigenvalue weighted by molar-refractivity contribution is 7.68. The lowest BCUT2D eigenvalue weighted by Crippen LogP contribution is -1.93. The van der Waals surface area contributed by atoms with Crippen LogP contribution in [0.15, 0.2) is 31.0 Å². The molecule has 0 aliphatic carbocycles. The van der Waals surface area contributed by atoms with Crippen LogP contribution in [0.25, 0.3) is 5.31 Å². The van der Waals surface area contributed by atoms with E-state index in [1.807, 2.05) is 18.3 Å². The molecule has 1 aromatic rings. The largest absolute Gasteiger partial charge is 0.256 e. The second-order valence-electron chi connectivity index (χ2n) is 3.65. The zero-order valence-electron chi connectivity index (χ0n) is 9.74. The highest BCUT2D eigenvalue weighted by Crippen LogP contribution is 2.49. The van der Waals surface area contributed by atoms with Gasteiger partial charge in [0.15, 0.2) is 0 Å². The number of hydrogen-bond donors (Lipinski definition) is 0. The summed E-state index contributed by atoms with van der Waals surface area (Å²) in [6.45, 7) is 8.72. The van der Waals surface area contributed by atoms with E-state index in [4.69, 9.17) is 0 Å². The Hall–Kier alpha value is -0.680. The van der Waals surface area contributed by atoms with Crippen LogP contribution in [0.5, 0.6) is 0 Å². The van der Waals surface area contributed by atoms with Crippen LogP contribution in [-0.2, 0) is 0 Å². The zero-order chi connectivity index (χ0) is 11.1. The second kappa shape index (κ2) is 6.74. The lowest BCUT2D eigenvalue weighted by Gasteiger charge is -2.18. The Labute approximate surface area is 94.4 Å². The van der Waals surface area contributed by atoms with Crippen molar-refractivity contribution < 1.29 is 0 Å². The molecule has 0 bridgehead atoms. The average Bonchev–Trinajstić information content (AvgIpc) is 2.29. The van der Waals surface area contributed by atoms with E-state index in [1.165, 1.54) is 30.5 Å². The lowest BCUT2D eigenvalue weighted by atomic mass is 10.3. The van der Waals surface area contributed by atoms with Gasteiger partial charge in [-0.1, -0.05) is 47.3 Å². The second-order valence-corrected chi connectivity index (χ2v) is 6.16. The van der Waals surface area contributed by atoms with Gasteiger partial charge < -0.3 is 0 Å². The molecule has 0 fully saturated rings. The SMILES string of the molecule is C=C(c1ccccn1)P(CCC)CCC. The molecule has 0 saturated carbocycles. The summed E-state index contributed by atoms with van der Waals surface area (Å²) < 4.78 is 0. The predicted molar refractivity (Wildman–Crippen MR) is 70.5 cm³/mol. The summed E-state index contributed by atoms with van der Waals surface area (Å²) in [7, 11) is -0.0553. The third kappa shape index (κ3) is 3.76. The molecule has 15 heavy (non-hydrogen) atoms. The van der Waals surface area contributed by atoms with Crippen molar-refractivity contribution in [2.24, 2.45) is 0 Å². The van der Waals surface area contributed by atoms with Crippen molar-refractivity contribution >= 4 is 13.2 Å². The van der Waals surface area contributed by atoms with Gasteiger partial charge in [-0.2, -0.15) is 0 Å². The summed E-state index contributed by atoms with van der Waals surface area (Å²) in [4.78, 5) is 4.38. The monoisotopic (exact) mass is 221 g/mol. The van der Waals surface area contributed by atoms with Crippen molar-refractivity contribution in [3.8, 4) is 0 Å². The molecule has 0 radical (unpaired) electrons. The fraction of sp³-hybridized carbons (Fsp3) is 0.462. The topological polar surface area (TPSA) is 12.9 Å². The van der Waals surface area contributed by atoms with Crippen molar-refractivity contribution in [1.82, 2.24) is 4.98 Å². The lowest BCUT2D eigenvalue weighted by molar-refractivity contribution is 1.06. The number of hydrogen-bond acceptors (Lipinski definition) is 1. The molecule has 0 aliphatic rings. The number of pyridine rings is 1. The van der Waals surface area contributed by atoms with E-state index in [2.05, 4.69) is 31.5 Å². The van der Waals surface area contributed by atoms with Gasteiger partial charge >= 0.3 is 0 Å². The summed E-state index contributed by atoms with van der Waals surface area (Å²) >= 11 is 0. The van der Waals surface area contributed by atoms with Gasteiger partial charge in [0.2, 0.25) is 0 Å². The number of rotatable bonds is 6. The van der Waals surface area contributed by atoms with Gasteiger partial charge in [0.05, 0.1) is 5.69 Å². The maximum absolute atomic E-state index is 4.38. The minimum Gasteiger partial charge on any atom is -0.256 e. The van der Waals surface area contributed by atoms with Crippen LogP contribution >= 0.6 is 7.92 Å². The molecule has 0 spiro atoms. The van der Waals surface area contributed by atoms with Crippen LogP contribution in [0, 0.1) is 0 Å². The molecule has 1 aromatic heterocycles. The van der Waals surface area contributed by atoms with Crippen LogP contribution in [0.3, 0.4) is 0 Å². The Bertz CT molecular complexity index is 289. The molecule has 82 valence electrons. The van der Waals surface area contributed by atoms with Crippen molar-refractivity contribution in [3.63, 3.8) is 0 Å². The van der Waals surface area contributed by atoms with Gasteiger partial charge in [0.1, 0.15) is 0 Å². The van der Waals surface area contributed by atoms with Crippen molar-refractivity contribution in [2.45, 2.75) is 26.7 Å². The highest BCUT2D eigenvalue weighted by atomic mass is 31.1. The Morgan fingerprint density at radius 1 is 1.27 bits per heavy atom. The first-order valence-corrected chi connectivity index (χ1v) is 7.36. The molecule has 0 unspecified atom stereocenters. The first-order chi connectivity index (χ1) is 7.29. The molecule has 0 saturated heterocycles. The fourth-order valence-corrected chi connectivity index (χ4v) is 3.92. The predicted octanol–water partition coefficient (Wildman–Crippen LogP) is 4.35. The molecule has 0 amide bonds. The van der Waals surface area contributed by atoms with E-state index >= 15 is 0 Å². The molecule has 0 N–H and O–H groups in total. The molecular weight excluding hydrogens is 201 g/mol. The van der Waals surface area contributed by atoms with E-state index in [-0.39, 0.29) is 7.92 Å². The first kappa shape index (κ1) is 12.4. The van der Waals surface area contributed by atoms with Gasteiger partial charge in [0.25, 0.3) is 0 Å². The normalized spacial score (nSPS) is 10.6. The Balaban J connectivity index is 2.71. The van der Waals surface area contributed by atoms with Crippen LogP contribution in [0.4, 0.5) is 0 Å². The fourth-order valence-electron chi connectivity index (χ4n) is 1.62. The van der Waals surface area contributed by atoms with Gasteiger partial charge in [-0.3, -0.25) is 4.98 Å². The molecule has 0 atom stereocenters. The van der Waals surface area contributed by atoms with E-state index < -0.39 is 0 Å². The minimum absolute atomic E-state index is 0.0553. The summed E-state index contributed by atoms with van der Waals surface area (Å²) in [5, 5.41) is 1.27. The average molecular weight is 221 g/mol. The Morgan fingerprint density at radius 2 is 1.93 bits per heavy atom. The third-order valence-electron chi connectivity index (χ3n) is 2.33. The standard InChI is InChI=1S/C13H20NP/c1-4-10-15(11-5-2)12(3)13-8-6-7-9-14-13/h6-9H,3-5,10-11H2,1-2H3. The summed E-state index contributed by atoms with van der Waals surface area (Å²) in [5.74, 6) is 0. The van der Waals surface area contributed by atoms with Gasteiger partial charge in [-0.15, -0.1) is 0 Å². The van der Waals surface area contributed by atoms with Crippen LogP contribution < -0.4 is 0 Å². The van der Waals surface area contributed by atoms with Crippen LogP contribution in [-0.4, -0.2) is 17.3 Å². The minimum atomic E-state index is -0.0553. The quantitative estimate of drug-likeness (QED) is 0.650. The number of nitrogens with zero attached hydrogens (tertiary/aromatic N) is 1. The van der Waals surface area contributed by atoms with E-state index in [0.29, 0.717) is 0 Å². The van der Waals surface area contributed by atoms with Gasteiger partial charge in [-0.25, -0.2) is 0 Å². The van der Waals surface area contributed by atoms with Crippen molar-refractivity contribution in [3.05, 3.63) is 36.7 Å². The smallest absolute Gasteiger partial charge is 0.0700 e. The molecule has 1 nitrogen and oxygen atoms in total. The Morgan fingerprint density at radius 3 is 2.40 bits per heavy atom. The van der Waals surface area contributed by atoms with E-state index in [9.17, 15) is 0 Å².